The summed E-state index contributed by atoms with van der Waals surface area (Å²) in [5.74, 6) is 0. The van der Waals surface area contributed by atoms with E-state index in [4.69, 9.17) is 11.5 Å². The molecule has 0 aliphatic carbocycles. The average molecular weight is 399 g/mol. The zero-order chi connectivity index (χ0) is 22.0. The molecule has 29 heavy (non-hydrogen) atoms. The van der Waals surface area contributed by atoms with Gasteiger partial charge in [0.15, 0.2) is 0 Å². The van der Waals surface area contributed by atoms with Crippen LogP contribution in [0, 0.1) is 12.3 Å². The van der Waals surface area contributed by atoms with E-state index in [-0.39, 0.29) is 17.5 Å². The Morgan fingerprint density at radius 1 is 1.21 bits per heavy atom. The van der Waals surface area contributed by atoms with Crippen LogP contribution in [0.4, 0.5) is 0 Å². The molecular formula is C25H42N4. The second-order valence-corrected chi connectivity index (χ2v) is 9.10. The first-order valence-corrected chi connectivity index (χ1v) is 10.6. The summed E-state index contributed by atoms with van der Waals surface area (Å²) in [4.78, 5) is 0. The van der Waals surface area contributed by atoms with Gasteiger partial charge in [-0.3, -0.25) is 0 Å². The average Bonchev–Trinajstić information content (AvgIpc) is 2.61. The van der Waals surface area contributed by atoms with Crippen LogP contribution >= 0.6 is 0 Å². The number of likely N-dealkylation sites (N-methyl/N-ethyl adjacent to an activating group) is 1. The summed E-state index contributed by atoms with van der Waals surface area (Å²) in [5, 5.41) is 7.11. The lowest BCUT2D eigenvalue weighted by Crippen LogP contribution is -2.38. The van der Waals surface area contributed by atoms with Gasteiger partial charge in [0, 0.05) is 24.3 Å². The molecule has 0 amide bonds. The Hall–Kier alpha value is -1.88. The molecule has 0 bridgehead atoms. The summed E-state index contributed by atoms with van der Waals surface area (Å²) in [6.07, 6.45) is 9.28. The van der Waals surface area contributed by atoms with Crippen LogP contribution in [-0.4, -0.2) is 25.7 Å². The van der Waals surface area contributed by atoms with Crippen LogP contribution in [0.15, 0.2) is 59.8 Å². The smallest absolute Gasteiger partial charge is 0.0510 e. The highest BCUT2D eigenvalue weighted by Gasteiger charge is 2.19. The number of nitrogens with one attached hydrogen (secondary N) is 2. The molecule has 1 rings (SSSR count). The van der Waals surface area contributed by atoms with Crippen molar-refractivity contribution in [1.29, 1.82) is 0 Å². The number of benzene rings is 1. The molecule has 0 heterocycles. The van der Waals surface area contributed by atoms with Gasteiger partial charge >= 0.3 is 0 Å². The number of nitrogens with two attached hydrogens (primary N) is 2. The van der Waals surface area contributed by atoms with E-state index < -0.39 is 0 Å². The fourth-order valence-electron chi connectivity index (χ4n) is 2.96. The first-order valence-electron chi connectivity index (χ1n) is 10.6. The number of rotatable bonds is 10. The minimum absolute atomic E-state index is 0.0594. The molecular weight excluding hydrogens is 356 g/mol. The fraction of sp³-hybridized carbons (Fsp3) is 0.520. The van der Waals surface area contributed by atoms with Crippen molar-refractivity contribution in [3.8, 4) is 0 Å². The largest absolute Gasteiger partial charge is 0.402 e. The number of hydrogen-bond donors (Lipinski definition) is 4. The zero-order valence-electron chi connectivity index (χ0n) is 19.4. The van der Waals surface area contributed by atoms with Gasteiger partial charge in [-0.1, -0.05) is 68.8 Å². The molecule has 4 nitrogen and oxygen atoms in total. The summed E-state index contributed by atoms with van der Waals surface area (Å²) in [5.41, 5.74) is 16.6. The van der Waals surface area contributed by atoms with Gasteiger partial charge in [-0.15, -0.1) is 0 Å². The Morgan fingerprint density at radius 3 is 2.45 bits per heavy atom. The number of hydrogen-bond acceptors (Lipinski definition) is 4. The van der Waals surface area contributed by atoms with Gasteiger partial charge < -0.3 is 22.1 Å². The maximum atomic E-state index is 6.12. The van der Waals surface area contributed by atoms with Gasteiger partial charge in [0.2, 0.25) is 0 Å². The third-order valence-electron chi connectivity index (χ3n) is 5.22. The molecule has 162 valence electrons. The normalized spacial score (nSPS) is 16.8. The molecule has 0 saturated heterocycles. The second-order valence-electron chi connectivity index (χ2n) is 9.10. The monoisotopic (exact) mass is 398 g/mol. The quantitative estimate of drug-likeness (QED) is 0.442. The highest BCUT2D eigenvalue weighted by Crippen LogP contribution is 2.20. The van der Waals surface area contributed by atoms with Crippen LogP contribution in [-0.2, 0) is 0 Å². The lowest BCUT2D eigenvalue weighted by Gasteiger charge is -2.28. The molecule has 3 atom stereocenters. The van der Waals surface area contributed by atoms with Gasteiger partial charge in [-0.25, -0.2) is 0 Å². The van der Waals surface area contributed by atoms with E-state index in [1.165, 1.54) is 16.7 Å². The van der Waals surface area contributed by atoms with Crippen LogP contribution in [0.5, 0.6) is 0 Å². The summed E-state index contributed by atoms with van der Waals surface area (Å²) in [7, 11) is 2.00. The van der Waals surface area contributed by atoms with Crippen molar-refractivity contribution in [2.45, 2.75) is 66.1 Å². The minimum Gasteiger partial charge on any atom is -0.402 e. The molecule has 0 saturated carbocycles. The van der Waals surface area contributed by atoms with E-state index in [9.17, 15) is 0 Å². The molecule has 0 aliphatic heterocycles. The van der Waals surface area contributed by atoms with Gasteiger partial charge in [-0.2, -0.15) is 0 Å². The molecule has 6 N–H and O–H groups in total. The van der Waals surface area contributed by atoms with Crippen molar-refractivity contribution in [2.24, 2.45) is 16.9 Å². The lowest BCUT2D eigenvalue weighted by atomic mass is 9.88. The zero-order valence-corrected chi connectivity index (χ0v) is 19.4. The first kappa shape index (κ1) is 25.2. The van der Waals surface area contributed by atoms with Crippen LogP contribution < -0.4 is 22.1 Å². The molecule has 0 aliphatic rings. The van der Waals surface area contributed by atoms with E-state index in [0.29, 0.717) is 6.04 Å². The SMILES string of the molecule is CNC(/C=C(\C=C\CC(N)/C=C(/C)N)CNC(C)C(C)(C)C)c1cccc(C)c1. The predicted molar refractivity (Wildman–Crippen MR) is 128 cm³/mol. The van der Waals surface area contributed by atoms with Crippen molar-refractivity contribution >= 4 is 0 Å². The lowest BCUT2D eigenvalue weighted by molar-refractivity contribution is 0.293. The van der Waals surface area contributed by atoms with E-state index in [0.717, 1.165) is 18.7 Å². The van der Waals surface area contributed by atoms with E-state index in [1.807, 2.05) is 20.0 Å². The summed E-state index contributed by atoms with van der Waals surface area (Å²) in [6.45, 7) is 13.8. The number of allylic oxidation sites excluding steroid dienone is 1. The Balaban J connectivity index is 3.03. The third-order valence-corrected chi connectivity index (χ3v) is 5.22. The van der Waals surface area contributed by atoms with Gasteiger partial charge in [-0.05, 0) is 56.9 Å². The van der Waals surface area contributed by atoms with Crippen LogP contribution in [0.3, 0.4) is 0 Å². The summed E-state index contributed by atoms with van der Waals surface area (Å²) in [6, 6.07) is 9.13. The van der Waals surface area contributed by atoms with Crippen molar-refractivity contribution in [2.75, 3.05) is 13.6 Å². The predicted octanol–water partition coefficient (Wildman–Crippen LogP) is 4.34. The van der Waals surface area contributed by atoms with Crippen molar-refractivity contribution in [1.82, 2.24) is 10.6 Å². The summed E-state index contributed by atoms with van der Waals surface area (Å²) >= 11 is 0. The Morgan fingerprint density at radius 2 is 1.90 bits per heavy atom. The van der Waals surface area contributed by atoms with E-state index in [1.54, 1.807) is 0 Å². The molecule has 4 heteroatoms. The molecule has 1 aromatic rings. The summed E-state index contributed by atoms with van der Waals surface area (Å²) < 4.78 is 0. The minimum atomic E-state index is -0.0594. The molecule has 0 radical (unpaired) electrons. The third kappa shape index (κ3) is 9.93. The molecule has 1 aromatic carbocycles. The molecule has 0 aromatic heterocycles. The van der Waals surface area contributed by atoms with Gasteiger partial charge in [0.05, 0.1) is 6.04 Å². The number of aryl methyl sites for hydroxylation is 1. The van der Waals surface area contributed by atoms with Crippen molar-refractivity contribution in [3.63, 3.8) is 0 Å². The van der Waals surface area contributed by atoms with Crippen LogP contribution in [0.25, 0.3) is 0 Å². The molecule has 0 spiro atoms. The Kier molecular flexibility index (Phi) is 10.4. The highest BCUT2D eigenvalue weighted by molar-refractivity contribution is 5.32. The second kappa shape index (κ2) is 12.0. The van der Waals surface area contributed by atoms with Crippen LogP contribution in [0.2, 0.25) is 0 Å². The van der Waals surface area contributed by atoms with Crippen molar-refractivity contribution in [3.05, 3.63) is 71.0 Å². The fourth-order valence-corrected chi connectivity index (χ4v) is 2.96. The van der Waals surface area contributed by atoms with E-state index in [2.05, 4.69) is 87.7 Å². The Bertz CT molecular complexity index is 706. The van der Waals surface area contributed by atoms with E-state index >= 15 is 0 Å². The highest BCUT2D eigenvalue weighted by atomic mass is 14.9. The van der Waals surface area contributed by atoms with Gasteiger partial charge in [0.1, 0.15) is 0 Å². The topological polar surface area (TPSA) is 76.1 Å². The van der Waals surface area contributed by atoms with Gasteiger partial charge in [0.25, 0.3) is 0 Å². The van der Waals surface area contributed by atoms with Crippen molar-refractivity contribution < 1.29 is 0 Å². The molecule has 0 fully saturated rings. The Labute approximate surface area is 178 Å². The van der Waals surface area contributed by atoms with Crippen LogP contribution in [0.1, 0.15) is 58.2 Å². The maximum absolute atomic E-state index is 6.12. The molecule has 3 unspecified atom stereocenters. The maximum Gasteiger partial charge on any atom is 0.0510 e. The first-order chi connectivity index (χ1) is 13.5. The standard InChI is InChI=1S/C25H42N4/c1-18-10-8-12-22(14-18)24(28-7)16-21(17-29-20(3)25(4,5)6)11-9-13-23(27)15-19(2)26/h8-12,14-16,20,23-24,28-29H,13,17,26-27H2,1-7H3/b11-9+,19-15-,21-16+.